The normalized spacial score (nSPS) is 11.4. The van der Waals surface area contributed by atoms with Crippen LogP contribution in [0.2, 0.25) is 0 Å². The van der Waals surface area contributed by atoms with Crippen LogP contribution in [0.5, 0.6) is 5.75 Å². The molecule has 0 aliphatic rings. The zero-order chi connectivity index (χ0) is 21.6. The van der Waals surface area contributed by atoms with Gasteiger partial charge < -0.3 is 14.5 Å². The molecule has 9 heteroatoms. The molecule has 3 aromatic rings. The third-order valence-electron chi connectivity index (χ3n) is 4.15. The maximum atomic E-state index is 13.2. The third kappa shape index (κ3) is 5.68. The molecule has 1 amide bonds. The van der Waals surface area contributed by atoms with E-state index in [1.807, 2.05) is 0 Å². The average Bonchev–Trinajstić information content (AvgIpc) is 3.22. The topological polar surface area (TPSA) is 88.9 Å². The fraction of sp³-hybridized carbons (Fsp3) is 0.190. The van der Waals surface area contributed by atoms with Gasteiger partial charge in [0.15, 0.2) is 0 Å². The number of amides is 1. The number of nitrogens with zero attached hydrogens (tertiary/aromatic N) is 1. The van der Waals surface area contributed by atoms with Crippen molar-refractivity contribution in [3.63, 3.8) is 0 Å². The molecular weight excluding hydrogens is 411 g/mol. The summed E-state index contributed by atoms with van der Waals surface area (Å²) in [5.74, 6) is 0.289. The Kier molecular flexibility index (Phi) is 6.86. The second-order valence-corrected chi connectivity index (χ2v) is 8.36. The van der Waals surface area contributed by atoms with E-state index in [0.29, 0.717) is 17.2 Å². The van der Waals surface area contributed by atoms with Gasteiger partial charge in [0.1, 0.15) is 23.9 Å². The number of hydrogen-bond acceptors (Lipinski definition) is 5. The number of rotatable bonds is 9. The van der Waals surface area contributed by atoms with Crippen LogP contribution >= 0.6 is 0 Å². The standard InChI is InChI=1S/C21H21FN2O5S/c1-16(25)23-18-6-10-21(11-7-18)30(26,27)24(15-20-3-2-13-28-20)12-14-29-19-8-4-17(22)5-9-19/h2-11,13H,12,14-15H2,1H3,(H,23,25). The van der Waals surface area contributed by atoms with Gasteiger partial charge in [-0.15, -0.1) is 0 Å². The first kappa shape index (κ1) is 21.5. The molecule has 30 heavy (non-hydrogen) atoms. The van der Waals surface area contributed by atoms with Crippen molar-refractivity contribution >= 4 is 21.6 Å². The highest BCUT2D eigenvalue weighted by Crippen LogP contribution is 2.21. The minimum Gasteiger partial charge on any atom is -0.492 e. The van der Waals surface area contributed by atoms with Gasteiger partial charge in [0.05, 0.1) is 17.7 Å². The van der Waals surface area contributed by atoms with Crippen molar-refractivity contribution < 1.29 is 26.8 Å². The first-order chi connectivity index (χ1) is 14.3. The Hall–Kier alpha value is -3.17. The lowest BCUT2D eigenvalue weighted by molar-refractivity contribution is -0.114. The van der Waals surface area contributed by atoms with Crippen LogP contribution in [0, 0.1) is 5.82 Å². The van der Waals surface area contributed by atoms with Gasteiger partial charge in [-0.2, -0.15) is 4.31 Å². The van der Waals surface area contributed by atoms with Crippen LogP contribution in [0.15, 0.2) is 76.2 Å². The fourth-order valence-corrected chi connectivity index (χ4v) is 4.11. The van der Waals surface area contributed by atoms with Crippen LogP contribution in [-0.2, 0) is 21.4 Å². The predicted octanol–water partition coefficient (Wildman–Crippen LogP) is 3.65. The van der Waals surface area contributed by atoms with E-state index in [2.05, 4.69) is 5.32 Å². The van der Waals surface area contributed by atoms with Crippen LogP contribution in [0.3, 0.4) is 0 Å². The number of halogens is 1. The molecule has 0 radical (unpaired) electrons. The molecule has 0 saturated carbocycles. The van der Waals surface area contributed by atoms with Gasteiger partial charge in [0.2, 0.25) is 15.9 Å². The number of benzene rings is 2. The Bertz CT molecular complexity index is 1070. The molecule has 7 nitrogen and oxygen atoms in total. The first-order valence-corrected chi connectivity index (χ1v) is 10.6. The van der Waals surface area contributed by atoms with Crippen molar-refractivity contribution in [3.8, 4) is 5.75 Å². The van der Waals surface area contributed by atoms with Crippen molar-refractivity contribution in [1.29, 1.82) is 0 Å². The lowest BCUT2D eigenvalue weighted by Gasteiger charge is -2.21. The SMILES string of the molecule is CC(=O)Nc1ccc(S(=O)(=O)N(CCOc2ccc(F)cc2)Cc2ccco2)cc1. The number of furan rings is 1. The number of anilines is 1. The average molecular weight is 432 g/mol. The molecule has 0 atom stereocenters. The Morgan fingerprint density at radius 2 is 1.80 bits per heavy atom. The van der Waals surface area contributed by atoms with Gasteiger partial charge in [-0.1, -0.05) is 0 Å². The number of hydrogen-bond donors (Lipinski definition) is 1. The van der Waals surface area contributed by atoms with E-state index in [4.69, 9.17) is 9.15 Å². The zero-order valence-corrected chi connectivity index (χ0v) is 17.1. The monoisotopic (exact) mass is 432 g/mol. The Morgan fingerprint density at radius 1 is 1.10 bits per heavy atom. The summed E-state index contributed by atoms with van der Waals surface area (Å²) in [5.41, 5.74) is 0.499. The molecular formula is C21H21FN2O5S. The largest absolute Gasteiger partial charge is 0.492 e. The number of carbonyl (C=O) groups excluding carboxylic acids is 1. The minimum absolute atomic E-state index is 0.0234. The maximum absolute atomic E-state index is 13.2. The second-order valence-electron chi connectivity index (χ2n) is 6.43. The predicted molar refractivity (Wildman–Crippen MR) is 109 cm³/mol. The van der Waals surface area contributed by atoms with E-state index in [0.717, 1.165) is 0 Å². The van der Waals surface area contributed by atoms with Crippen LogP contribution in [-0.4, -0.2) is 31.8 Å². The van der Waals surface area contributed by atoms with Gasteiger partial charge in [-0.25, -0.2) is 12.8 Å². The molecule has 3 rings (SSSR count). The first-order valence-electron chi connectivity index (χ1n) is 9.13. The van der Waals surface area contributed by atoms with E-state index in [1.54, 1.807) is 12.1 Å². The van der Waals surface area contributed by atoms with Crippen LogP contribution in [0.4, 0.5) is 10.1 Å². The Balaban J connectivity index is 1.75. The van der Waals surface area contributed by atoms with Crippen molar-refractivity contribution in [2.75, 3.05) is 18.5 Å². The number of carbonyl (C=O) groups is 1. The summed E-state index contributed by atoms with van der Waals surface area (Å²) in [6.45, 7) is 1.51. The van der Waals surface area contributed by atoms with E-state index < -0.39 is 10.0 Å². The molecule has 0 fully saturated rings. The molecule has 0 unspecified atom stereocenters. The Labute approximate surface area is 174 Å². The number of nitrogens with one attached hydrogen (secondary N) is 1. The van der Waals surface area contributed by atoms with Gasteiger partial charge in [0.25, 0.3) is 0 Å². The van der Waals surface area contributed by atoms with Gasteiger partial charge in [-0.3, -0.25) is 4.79 Å². The number of sulfonamides is 1. The highest BCUT2D eigenvalue weighted by molar-refractivity contribution is 7.89. The van der Waals surface area contributed by atoms with Crippen molar-refractivity contribution in [3.05, 3.63) is 78.5 Å². The maximum Gasteiger partial charge on any atom is 0.243 e. The van der Waals surface area contributed by atoms with E-state index in [-0.39, 0.29) is 36.3 Å². The van der Waals surface area contributed by atoms with Crippen LogP contribution in [0.25, 0.3) is 0 Å². The molecule has 1 aromatic heterocycles. The fourth-order valence-electron chi connectivity index (χ4n) is 2.72. The molecule has 2 aromatic carbocycles. The lowest BCUT2D eigenvalue weighted by Crippen LogP contribution is -2.34. The molecule has 0 bridgehead atoms. The third-order valence-corrected chi connectivity index (χ3v) is 6.01. The minimum atomic E-state index is -3.86. The Morgan fingerprint density at radius 3 is 2.40 bits per heavy atom. The van der Waals surface area contributed by atoms with Gasteiger partial charge >= 0.3 is 0 Å². The molecule has 1 N–H and O–H groups in total. The molecule has 0 aliphatic carbocycles. The van der Waals surface area contributed by atoms with Crippen molar-refractivity contribution in [2.24, 2.45) is 0 Å². The number of ether oxygens (including phenoxy) is 1. The van der Waals surface area contributed by atoms with Crippen LogP contribution in [0.1, 0.15) is 12.7 Å². The summed E-state index contributed by atoms with van der Waals surface area (Å²) in [5, 5.41) is 2.60. The van der Waals surface area contributed by atoms with Gasteiger partial charge in [-0.05, 0) is 60.7 Å². The summed E-state index contributed by atoms with van der Waals surface area (Å²) < 4.78 is 51.4. The highest BCUT2D eigenvalue weighted by Gasteiger charge is 2.25. The molecule has 158 valence electrons. The van der Waals surface area contributed by atoms with Gasteiger partial charge in [0, 0.05) is 19.2 Å². The highest BCUT2D eigenvalue weighted by atomic mass is 32.2. The van der Waals surface area contributed by atoms with Crippen molar-refractivity contribution in [2.45, 2.75) is 18.4 Å². The molecule has 1 heterocycles. The van der Waals surface area contributed by atoms with E-state index in [9.17, 15) is 17.6 Å². The summed E-state index contributed by atoms with van der Waals surface area (Å²) in [6.07, 6.45) is 1.47. The smallest absolute Gasteiger partial charge is 0.243 e. The lowest BCUT2D eigenvalue weighted by atomic mass is 10.3. The quantitative estimate of drug-likeness (QED) is 0.558. The van der Waals surface area contributed by atoms with E-state index >= 15 is 0 Å². The summed E-state index contributed by atoms with van der Waals surface area (Å²) in [4.78, 5) is 11.2. The molecule has 0 spiro atoms. The zero-order valence-electron chi connectivity index (χ0n) is 16.2. The summed E-state index contributed by atoms with van der Waals surface area (Å²) in [6, 6.07) is 14.7. The second kappa shape index (κ2) is 9.55. The van der Waals surface area contributed by atoms with E-state index in [1.165, 1.54) is 66.0 Å². The molecule has 0 saturated heterocycles. The van der Waals surface area contributed by atoms with Crippen molar-refractivity contribution in [1.82, 2.24) is 4.31 Å². The summed E-state index contributed by atoms with van der Waals surface area (Å²) >= 11 is 0. The van der Waals surface area contributed by atoms with Crippen LogP contribution < -0.4 is 10.1 Å². The molecule has 0 aliphatic heterocycles. The summed E-state index contributed by atoms with van der Waals surface area (Å²) in [7, 11) is -3.86.